The van der Waals surface area contributed by atoms with Crippen LogP contribution in [0.2, 0.25) is 0 Å². The van der Waals surface area contributed by atoms with Crippen LogP contribution in [-0.2, 0) is 17.0 Å². The van der Waals surface area contributed by atoms with Crippen LogP contribution in [0.15, 0.2) is 16.5 Å². The van der Waals surface area contributed by atoms with Crippen molar-refractivity contribution in [1.82, 2.24) is 5.32 Å². The second-order valence-corrected chi connectivity index (χ2v) is 5.73. The molecule has 0 saturated carbocycles. The second kappa shape index (κ2) is 7.87. The molecule has 1 fully saturated rings. The molecular formula is C14H23NO2S. The van der Waals surface area contributed by atoms with Crippen molar-refractivity contribution in [3.63, 3.8) is 0 Å². The third kappa shape index (κ3) is 4.67. The lowest BCUT2D eigenvalue weighted by Crippen LogP contribution is -2.13. The Morgan fingerprint density at radius 1 is 1.39 bits per heavy atom. The molecule has 0 spiro atoms. The van der Waals surface area contributed by atoms with Gasteiger partial charge < -0.3 is 14.5 Å². The van der Waals surface area contributed by atoms with Gasteiger partial charge in [-0.05, 0) is 37.9 Å². The van der Waals surface area contributed by atoms with Crippen LogP contribution in [0.4, 0.5) is 0 Å². The summed E-state index contributed by atoms with van der Waals surface area (Å²) < 4.78 is 11.4. The summed E-state index contributed by atoms with van der Waals surface area (Å²) in [6.07, 6.45) is 4.07. The first-order chi connectivity index (χ1) is 8.88. The summed E-state index contributed by atoms with van der Waals surface area (Å²) in [5.74, 6) is 4.15. The van der Waals surface area contributed by atoms with Crippen molar-refractivity contribution in [3.8, 4) is 0 Å². The largest absolute Gasteiger partial charge is 0.464 e. The van der Waals surface area contributed by atoms with Crippen molar-refractivity contribution in [1.29, 1.82) is 0 Å². The summed E-state index contributed by atoms with van der Waals surface area (Å²) >= 11 is 1.91. The first-order valence-corrected chi connectivity index (χ1v) is 8.01. The smallest absolute Gasteiger partial charge is 0.117 e. The normalized spacial score (nSPS) is 19.5. The Kier molecular flexibility index (Phi) is 6.11. The molecule has 0 aliphatic carbocycles. The maximum Gasteiger partial charge on any atom is 0.117 e. The summed E-state index contributed by atoms with van der Waals surface area (Å²) in [4.78, 5) is 0. The molecule has 0 aromatic carbocycles. The molecule has 1 aliphatic rings. The predicted molar refractivity (Wildman–Crippen MR) is 75.8 cm³/mol. The van der Waals surface area contributed by atoms with Crippen LogP contribution >= 0.6 is 11.8 Å². The molecule has 1 atom stereocenters. The molecule has 0 bridgehead atoms. The van der Waals surface area contributed by atoms with Gasteiger partial charge in [-0.25, -0.2) is 0 Å². The van der Waals surface area contributed by atoms with Crippen molar-refractivity contribution in [2.45, 2.75) is 44.6 Å². The third-order valence-corrected chi connectivity index (χ3v) is 4.11. The Balaban J connectivity index is 1.63. The molecule has 1 unspecified atom stereocenters. The average Bonchev–Trinajstić information content (AvgIpc) is 3.01. The standard InChI is InChI=1S/C14H23NO2S/c1-2-7-15-9-12-5-6-14(17-12)11-18-10-13-4-3-8-16-13/h5-6,13,15H,2-4,7-11H2,1H3. The first kappa shape index (κ1) is 14.0. The molecular weight excluding hydrogens is 246 g/mol. The summed E-state index contributed by atoms with van der Waals surface area (Å²) in [5.41, 5.74) is 0. The fourth-order valence-electron chi connectivity index (χ4n) is 2.05. The fourth-order valence-corrected chi connectivity index (χ4v) is 3.05. The van der Waals surface area contributed by atoms with Gasteiger partial charge >= 0.3 is 0 Å². The van der Waals surface area contributed by atoms with Gasteiger partial charge in [-0.3, -0.25) is 0 Å². The van der Waals surface area contributed by atoms with E-state index in [-0.39, 0.29) is 0 Å². The fraction of sp³-hybridized carbons (Fsp3) is 0.714. The van der Waals surface area contributed by atoms with Gasteiger partial charge in [0.15, 0.2) is 0 Å². The van der Waals surface area contributed by atoms with Gasteiger partial charge in [0, 0.05) is 12.4 Å². The highest BCUT2D eigenvalue weighted by Crippen LogP contribution is 2.21. The van der Waals surface area contributed by atoms with Crippen LogP contribution in [0.25, 0.3) is 0 Å². The monoisotopic (exact) mass is 269 g/mol. The van der Waals surface area contributed by atoms with Gasteiger partial charge in [-0.15, -0.1) is 0 Å². The van der Waals surface area contributed by atoms with E-state index in [4.69, 9.17) is 9.15 Å². The molecule has 1 aromatic heterocycles. The molecule has 1 saturated heterocycles. The molecule has 0 amide bonds. The van der Waals surface area contributed by atoms with E-state index in [2.05, 4.69) is 24.4 Å². The van der Waals surface area contributed by atoms with E-state index in [9.17, 15) is 0 Å². The number of hydrogen-bond acceptors (Lipinski definition) is 4. The minimum Gasteiger partial charge on any atom is -0.464 e. The van der Waals surface area contributed by atoms with Gasteiger partial charge in [0.1, 0.15) is 11.5 Å². The van der Waals surface area contributed by atoms with Crippen LogP contribution in [0.3, 0.4) is 0 Å². The van der Waals surface area contributed by atoms with E-state index in [1.165, 1.54) is 12.8 Å². The SMILES string of the molecule is CCCNCc1ccc(CSCC2CCCO2)o1. The highest BCUT2D eigenvalue weighted by molar-refractivity contribution is 7.98. The highest BCUT2D eigenvalue weighted by Gasteiger charge is 2.15. The van der Waals surface area contributed by atoms with Crippen LogP contribution < -0.4 is 5.32 Å². The minimum atomic E-state index is 0.468. The predicted octanol–water partition coefficient (Wildman–Crippen LogP) is 3.19. The molecule has 18 heavy (non-hydrogen) atoms. The van der Waals surface area contributed by atoms with E-state index in [1.54, 1.807) is 0 Å². The number of thioether (sulfide) groups is 1. The maximum atomic E-state index is 5.77. The quantitative estimate of drug-likeness (QED) is 0.735. The van der Waals surface area contributed by atoms with Gasteiger partial charge in [0.05, 0.1) is 18.4 Å². The first-order valence-electron chi connectivity index (χ1n) is 6.86. The Morgan fingerprint density at radius 3 is 3.06 bits per heavy atom. The summed E-state index contributed by atoms with van der Waals surface area (Å²) in [7, 11) is 0. The topological polar surface area (TPSA) is 34.4 Å². The lowest BCUT2D eigenvalue weighted by Gasteiger charge is -2.07. The zero-order valence-electron chi connectivity index (χ0n) is 11.1. The zero-order valence-corrected chi connectivity index (χ0v) is 11.9. The maximum absolute atomic E-state index is 5.77. The van der Waals surface area contributed by atoms with Crippen molar-refractivity contribution in [3.05, 3.63) is 23.7 Å². The van der Waals surface area contributed by atoms with Crippen LogP contribution in [0.5, 0.6) is 0 Å². The van der Waals surface area contributed by atoms with E-state index >= 15 is 0 Å². The van der Waals surface area contributed by atoms with E-state index < -0.39 is 0 Å². The number of ether oxygens (including phenoxy) is 1. The minimum absolute atomic E-state index is 0.468. The Labute approximate surface area is 114 Å². The summed E-state index contributed by atoms with van der Waals surface area (Å²) in [6, 6.07) is 4.16. The lowest BCUT2D eigenvalue weighted by atomic mass is 10.3. The van der Waals surface area contributed by atoms with Gasteiger partial charge in [0.2, 0.25) is 0 Å². The lowest BCUT2D eigenvalue weighted by molar-refractivity contribution is 0.129. The number of rotatable bonds is 8. The van der Waals surface area contributed by atoms with Crippen LogP contribution in [0, 0.1) is 0 Å². The van der Waals surface area contributed by atoms with Crippen molar-refractivity contribution < 1.29 is 9.15 Å². The molecule has 2 rings (SSSR count). The van der Waals surface area contributed by atoms with Crippen LogP contribution in [0.1, 0.15) is 37.7 Å². The summed E-state index contributed by atoms with van der Waals surface area (Å²) in [6.45, 7) is 5.00. The van der Waals surface area contributed by atoms with E-state index in [0.717, 1.165) is 49.1 Å². The average molecular weight is 269 g/mol. The Morgan fingerprint density at radius 2 is 2.28 bits per heavy atom. The van der Waals surface area contributed by atoms with Crippen molar-refractivity contribution in [2.75, 3.05) is 18.9 Å². The zero-order chi connectivity index (χ0) is 12.6. The van der Waals surface area contributed by atoms with E-state index in [0.29, 0.717) is 6.10 Å². The molecule has 2 heterocycles. The van der Waals surface area contributed by atoms with Crippen molar-refractivity contribution in [2.24, 2.45) is 0 Å². The molecule has 102 valence electrons. The number of hydrogen-bond donors (Lipinski definition) is 1. The molecule has 1 aromatic rings. The number of furan rings is 1. The number of nitrogens with one attached hydrogen (secondary N) is 1. The van der Waals surface area contributed by atoms with Gasteiger partial charge in [-0.1, -0.05) is 6.92 Å². The highest BCUT2D eigenvalue weighted by atomic mass is 32.2. The molecule has 1 aliphatic heterocycles. The summed E-state index contributed by atoms with van der Waals surface area (Å²) in [5, 5.41) is 3.34. The molecule has 0 radical (unpaired) electrons. The Bertz CT molecular complexity index is 334. The Hall–Kier alpha value is -0.450. The van der Waals surface area contributed by atoms with E-state index in [1.807, 2.05) is 11.8 Å². The molecule has 1 N–H and O–H groups in total. The van der Waals surface area contributed by atoms with Crippen molar-refractivity contribution >= 4 is 11.8 Å². The van der Waals surface area contributed by atoms with Gasteiger partial charge in [0.25, 0.3) is 0 Å². The molecule has 4 heteroatoms. The van der Waals surface area contributed by atoms with Gasteiger partial charge in [-0.2, -0.15) is 11.8 Å². The van der Waals surface area contributed by atoms with Crippen LogP contribution in [-0.4, -0.2) is 25.0 Å². The second-order valence-electron chi connectivity index (χ2n) is 4.69. The molecule has 3 nitrogen and oxygen atoms in total. The third-order valence-electron chi connectivity index (χ3n) is 3.02.